The quantitative estimate of drug-likeness (QED) is 0.827. The van der Waals surface area contributed by atoms with Crippen molar-refractivity contribution in [1.29, 1.82) is 0 Å². The van der Waals surface area contributed by atoms with Crippen molar-refractivity contribution in [3.8, 4) is 0 Å². The van der Waals surface area contributed by atoms with E-state index in [-0.39, 0.29) is 23.5 Å². The average Bonchev–Trinajstić information content (AvgIpc) is 2.73. The maximum Gasteiger partial charge on any atom is 0.297 e. The van der Waals surface area contributed by atoms with Crippen LogP contribution in [0.1, 0.15) is 18.4 Å². The largest absolute Gasteiger partial charge is 0.351 e. The number of aryl methyl sites for hydroxylation is 1. The molecule has 1 amide bonds. The van der Waals surface area contributed by atoms with Crippen LogP contribution in [0.3, 0.4) is 0 Å². The number of nitrogens with one attached hydrogen (secondary N) is 1. The first-order chi connectivity index (χ1) is 8.47. The number of hydrogen-bond acceptors (Lipinski definition) is 4. The summed E-state index contributed by atoms with van der Waals surface area (Å²) in [6.07, 6.45) is 1.04. The fraction of sp³-hybridized carbons (Fsp3) is 0.417. The molecule has 1 unspecified atom stereocenters. The van der Waals surface area contributed by atoms with Gasteiger partial charge in [-0.1, -0.05) is 17.7 Å². The first kappa shape index (κ1) is 13.0. The Labute approximate surface area is 106 Å². The second kappa shape index (κ2) is 5.07. The fourth-order valence-corrected chi connectivity index (χ4v) is 2.70. The van der Waals surface area contributed by atoms with Crippen LogP contribution in [0.25, 0.3) is 0 Å². The van der Waals surface area contributed by atoms with Crippen LogP contribution >= 0.6 is 0 Å². The van der Waals surface area contributed by atoms with Gasteiger partial charge in [0.1, 0.15) is 0 Å². The van der Waals surface area contributed by atoms with Gasteiger partial charge in [-0.15, -0.1) is 0 Å². The van der Waals surface area contributed by atoms with Crippen molar-refractivity contribution in [3.05, 3.63) is 29.8 Å². The number of benzene rings is 1. The van der Waals surface area contributed by atoms with Gasteiger partial charge in [0.15, 0.2) is 0 Å². The van der Waals surface area contributed by atoms with E-state index in [2.05, 4.69) is 5.32 Å². The van der Waals surface area contributed by atoms with Crippen molar-refractivity contribution in [2.45, 2.75) is 30.7 Å². The van der Waals surface area contributed by atoms with Gasteiger partial charge in [-0.2, -0.15) is 8.42 Å². The first-order valence-electron chi connectivity index (χ1n) is 5.73. The lowest BCUT2D eigenvalue weighted by Crippen LogP contribution is -2.30. The lowest BCUT2D eigenvalue weighted by molar-refractivity contribution is -0.119. The van der Waals surface area contributed by atoms with Crippen LogP contribution in [0.5, 0.6) is 0 Å². The van der Waals surface area contributed by atoms with Crippen molar-refractivity contribution in [1.82, 2.24) is 5.32 Å². The number of carbonyl (C=O) groups excluding carboxylic acids is 1. The highest BCUT2D eigenvalue weighted by atomic mass is 32.2. The van der Waals surface area contributed by atoms with Crippen LogP contribution in [0, 0.1) is 6.92 Å². The molecule has 0 saturated carbocycles. The average molecular weight is 269 g/mol. The highest BCUT2D eigenvalue weighted by molar-refractivity contribution is 7.86. The van der Waals surface area contributed by atoms with Crippen LogP contribution in [0.2, 0.25) is 0 Å². The predicted octanol–water partition coefficient (Wildman–Crippen LogP) is 0.979. The Kier molecular flexibility index (Phi) is 3.68. The molecule has 0 spiro atoms. The topological polar surface area (TPSA) is 72.5 Å². The van der Waals surface area contributed by atoms with Crippen molar-refractivity contribution < 1.29 is 17.4 Å². The smallest absolute Gasteiger partial charge is 0.297 e. The minimum absolute atomic E-state index is 0.0120. The van der Waals surface area contributed by atoms with Crippen LogP contribution < -0.4 is 5.32 Å². The number of rotatable bonds is 4. The van der Waals surface area contributed by atoms with E-state index >= 15 is 0 Å². The SMILES string of the molecule is Cc1ccc(S(=O)(=O)OCC2CCC(=O)N2)cc1. The van der Waals surface area contributed by atoms with Gasteiger partial charge in [0.05, 0.1) is 17.5 Å². The zero-order valence-corrected chi connectivity index (χ0v) is 10.9. The second-order valence-corrected chi connectivity index (χ2v) is 5.97. The molecule has 1 heterocycles. The highest BCUT2D eigenvalue weighted by Gasteiger charge is 2.24. The molecule has 1 atom stereocenters. The molecular formula is C12H15NO4S. The van der Waals surface area contributed by atoms with Gasteiger partial charge in [0.2, 0.25) is 5.91 Å². The van der Waals surface area contributed by atoms with E-state index in [0.29, 0.717) is 12.8 Å². The predicted molar refractivity (Wildman–Crippen MR) is 65.5 cm³/mol. The second-order valence-electron chi connectivity index (χ2n) is 4.35. The summed E-state index contributed by atoms with van der Waals surface area (Å²) in [6, 6.07) is 6.24. The third-order valence-electron chi connectivity index (χ3n) is 2.82. The van der Waals surface area contributed by atoms with Gasteiger partial charge < -0.3 is 5.32 Å². The maximum absolute atomic E-state index is 11.8. The van der Waals surface area contributed by atoms with E-state index < -0.39 is 10.1 Å². The lowest BCUT2D eigenvalue weighted by atomic mass is 10.2. The summed E-state index contributed by atoms with van der Waals surface area (Å²) in [5.74, 6) is -0.0590. The molecule has 1 fully saturated rings. The minimum atomic E-state index is -3.73. The zero-order valence-electron chi connectivity index (χ0n) is 10.0. The molecule has 6 heteroatoms. The van der Waals surface area contributed by atoms with Gasteiger partial charge >= 0.3 is 0 Å². The Morgan fingerprint density at radius 2 is 2.00 bits per heavy atom. The highest BCUT2D eigenvalue weighted by Crippen LogP contribution is 2.15. The molecule has 1 saturated heterocycles. The summed E-state index contributed by atoms with van der Waals surface area (Å²) < 4.78 is 28.6. The van der Waals surface area contributed by atoms with E-state index in [0.717, 1.165) is 5.56 Å². The van der Waals surface area contributed by atoms with Crippen LogP contribution in [0.4, 0.5) is 0 Å². The normalized spacial score (nSPS) is 19.8. The summed E-state index contributed by atoms with van der Waals surface area (Å²) in [6.45, 7) is 1.87. The molecule has 1 N–H and O–H groups in total. The van der Waals surface area contributed by atoms with Gasteiger partial charge in [0, 0.05) is 6.42 Å². The van der Waals surface area contributed by atoms with Crippen molar-refractivity contribution in [3.63, 3.8) is 0 Å². The summed E-state index contributed by atoms with van der Waals surface area (Å²) in [5, 5.41) is 2.66. The van der Waals surface area contributed by atoms with E-state index in [1.165, 1.54) is 12.1 Å². The molecule has 0 aromatic heterocycles. The molecule has 2 rings (SSSR count). The molecule has 1 aromatic rings. The molecule has 5 nitrogen and oxygen atoms in total. The third kappa shape index (κ3) is 3.08. The van der Waals surface area contributed by atoms with Crippen molar-refractivity contribution in [2.75, 3.05) is 6.61 Å². The molecule has 1 aliphatic heterocycles. The van der Waals surface area contributed by atoms with Crippen LogP contribution in [-0.4, -0.2) is 27.0 Å². The molecule has 1 aromatic carbocycles. The summed E-state index contributed by atoms with van der Waals surface area (Å²) in [5.41, 5.74) is 0.983. The molecule has 98 valence electrons. The number of hydrogen-bond donors (Lipinski definition) is 1. The van der Waals surface area contributed by atoms with Crippen molar-refractivity contribution >= 4 is 16.0 Å². The Balaban J connectivity index is 1.99. The number of amides is 1. The van der Waals surface area contributed by atoms with Gasteiger partial charge in [-0.05, 0) is 25.5 Å². The summed E-state index contributed by atoms with van der Waals surface area (Å²) in [7, 11) is -3.73. The van der Waals surface area contributed by atoms with E-state index in [1.54, 1.807) is 12.1 Å². The summed E-state index contributed by atoms with van der Waals surface area (Å²) >= 11 is 0. The monoisotopic (exact) mass is 269 g/mol. The summed E-state index contributed by atoms with van der Waals surface area (Å²) in [4.78, 5) is 11.1. The van der Waals surface area contributed by atoms with Crippen molar-refractivity contribution in [2.24, 2.45) is 0 Å². The maximum atomic E-state index is 11.8. The standard InChI is InChI=1S/C12H15NO4S/c1-9-2-5-11(6-3-9)18(15,16)17-8-10-4-7-12(14)13-10/h2-3,5-6,10H,4,7-8H2,1H3,(H,13,14). The molecule has 1 aliphatic rings. The Morgan fingerprint density at radius 1 is 1.33 bits per heavy atom. The van der Waals surface area contributed by atoms with E-state index in [4.69, 9.17) is 4.18 Å². The molecule has 0 aliphatic carbocycles. The van der Waals surface area contributed by atoms with Crippen LogP contribution in [0.15, 0.2) is 29.2 Å². The fourth-order valence-electron chi connectivity index (χ4n) is 1.75. The Morgan fingerprint density at radius 3 is 2.56 bits per heavy atom. The molecule has 0 bridgehead atoms. The van der Waals surface area contributed by atoms with Gasteiger partial charge in [-0.25, -0.2) is 0 Å². The number of carbonyl (C=O) groups is 1. The van der Waals surface area contributed by atoms with E-state index in [9.17, 15) is 13.2 Å². The minimum Gasteiger partial charge on any atom is -0.351 e. The first-order valence-corrected chi connectivity index (χ1v) is 7.14. The van der Waals surface area contributed by atoms with Gasteiger partial charge in [0.25, 0.3) is 10.1 Å². The molecule has 0 radical (unpaired) electrons. The molecular weight excluding hydrogens is 254 g/mol. The van der Waals surface area contributed by atoms with Gasteiger partial charge in [-0.3, -0.25) is 8.98 Å². The molecule has 18 heavy (non-hydrogen) atoms. The van der Waals surface area contributed by atoms with E-state index in [1.807, 2.05) is 6.92 Å². The lowest BCUT2D eigenvalue weighted by Gasteiger charge is -2.10. The third-order valence-corrected chi connectivity index (χ3v) is 4.11. The Bertz CT molecular complexity index is 536. The zero-order chi connectivity index (χ0) is 13.2. The van der Waals surface area contributed by atoms with Crippen LogP contribution in [-0.2, 0) is 19.1 Å². The Hall–Kier alpha value is -1.40.